The summed E-state index contributed by atoms with van der Waals surface area (Å²) < 4.78 is 5.76. The maximum absolute atomic E-state index is 5.76. The summed E-state index contributed by atoms with van der Waals surface area (Å²) in [4.78, 5) is 8.81. The van der Waals surface area contributed by atoms with Crippen molar-refractivity contribution in [1.82, 2.24) is 15.3 Å². The average Bonchev–Trinajstić information content (AvgIpc) is 2.29. The number of nitrogens with one attached hydrogen (secondary N) is 1. The largest absolute Gasteiger partial charge is 0.369 e. The van der Waals surface area contributed by atoms with Crippen molar-refractivity contribution in [3.8, 4) is 0 Å². The third kappa shape index (κ3) is 2.39. The Hall–Kier alpha value is -1.00. The molecule has 0 amide bonds. The molecule has 0 bridgehead atoms. The number of morpholine rings is 1. The number of aromatic nitrogens is 2. The molecule has 4 heteroatoms. The molecule has 16 heavy (non-hydrogen) atoms. The molecule has 1 saturated heterocycles. The van der Waals surface area contributed by atoms with Crippen LogP contribution in [0.15, 0.2) is 6.20 Å². The molecular weight excluding hydrogens is 202 g/mol. The topological polar surface area (TPSA) is 47.0 Å². The molecule has 1 aromatic rings. The van der Waals surface area contributed by atoms with Gasteiger partial charge < -0.3 is 10.1 Å². The van der Waals surface area contributed by atoms with Crippen molar-refractivity contribution in [1.29, 1.82) is 0 Å². The maximum Gasteiger partial charge on any atom is 0.125 e. The molecule has 2 rings (SSSR count). The maximum atomic E-state index is 5.76. The molecule has 0 radical (unpaired) electrons. The summed E-state index contributed by atoms with van der Waals surface area (Å²) in [5.74, 6) is 1.25. The first kappa shape index (κ1) is 11.5. The van der Waals surface area contributed by atoms with E-state index in [1.54, 1.807) is 0 Å². The molecule has 88 valence electrons. The zero-order valence-electron chi connectivity index (χ0n) is 10.2. The predicted molar refractivity (Wildman–Crippen MR) is 62.4 cm³/mol. The third-order valence-electron chi connectivity index (χ3n) is 2.82. The van der Waals surface area contributed by atoms with E-state index in [1.807, 2.05) is 13.1 Å². The Labute approximate surface area is 96.4 Å². The van der Waals surface area contributed by atoms with E-state index in [4.69, 9.17) is 4.74 Å². The van der Waals surface area contributed by atoms with E-state index in [9.17, 15) is 0 Å². The van der Waals surface area contributed by atoms with E-state index in [0.717, 1.165) is 31.2 Å². The Balaban J connectivity index is 2.32. The minimum Gasteiger partial charge on any atom is -0.369 e. The van der Waals surface area contributed by atoms with Gasteiger partial charge in [-0.15, -0.1) is 0 Å². The molecule has 1 aliphatic heterocycles. The fourth-order valence-corrected chi connectivity index (χ4v) is 1.94. The third-order valence-corrected chi connectivity index (χ3v) is 2.82. The van der Waals surface area contributed by atoms with Crippen molar-refractivity contribution in [2.75, 3.05) is 19.7 Å². The van der Waals surface area contributed by atoms with Gasteiger partial charge in [0.15, 0.2) is 0 Å². The zero-order valence-corrected chi connectivity index (χ0v) is 10.2. The lowest BCUT2D eigenvalue weighted by molar-refractivity contribution is 0.0241. The van der Waals surface area contributed by atoms with Crippen LogP contribution >= 0.6 is 0 Å². The summed E-state index contributed by atoms with van der Waals surface area (Å²) in [6.45, 7) is 8.77. The molecule has 1 unspecified atom stereocenters. The standard InChI is InChI=1S/C12H19N3O/c1-8(2)10-6-14-9(3)15-12(10)11-7-13-4-5-16-11/h6,8,11,13H,4-5,7H2,1-3H3. The van der Waals surface area contributed by atoms with Gasteiger partial charge in [-0.25, -0.2) is 9.97 Å². The number of aryl methyl sites for hydroxylation is 1. The van der Waals surface area contributed by atoms with Crippen molar-refractivity contribution in [2.24, 2.45) is 0 Å². The van der Waals surface area contributed by atoms with Gasteiger partial charge in [0.25, 0.3) is 0 Å². The van der Waals surface area contributed by atoms with Crippen LogP contribution in [0.1, 0.15) is 43.0 Å². The predicted octanol–water partition coefficient (Wildman–Crippen LogP) is 1.57. The summed E-state index contributed by atoms with van der Waals surface area (Å²) in [7, 11) is 0. The molecule has 0 aromatic carbocycles. The lowest BCUT2D eigenvalue weighted by Gasteiger charge is -2.25. The van der Waals surface area contributed by atoms with Crippen LogP contribution in [0.2, 0.25) is 0 Å². The van der Waals surface area contributed by atoms with Crippen LogP contribution in [0, 0.1) is 6.92 Å². The smallest absolute Gasteiger partial charge is 0.125 e. The van der Waals surface area contributed by atoms with Gasteiger partial charge in [-0.3, -0.25) is 0 Å². The van der Waals surface area contributed by atoms with Gasteiger partial charge in [0.05, 0.1) is 12.3 Å². The first-order valence-corrected chi connectivity index (χ1v) is 5.84. The quantitative estimate of drug-likeness (QED) is 0.823. The Bertz CT molecular complexity index is 359. The second-order valence-electron chi connectivity index (χ2n) is 4.48. The number of ether oxygens (including phenoxy) is 1. The van der Waals surface area contributed by atoms with Crippen LogP contribution in [0.5, 0.6) is 0 Å². The molecule has 4 nitrogen and oxygen atoms in total. The first-order chi connectivity index (χ1) is 7.68. The Morgan fingerprint density at radius 1 is 1.50 bits per heavy atom. The molecular formula is C12H19N3O. The second-order valence-corrected chi connectivity index (χ2v) is 4.48. The summed E-state index contributed by atoms with van der Waals surface area (Å²) in [5.41, 5.74) is 2.24. The van der Waals surface area contributed by atoms with Crippen molar-refractivity contribution < 1.29 is 4.74 Å². The minimum absolute atomic E-state index is 0.0767. The number of hydrogen-bond donors (Lipinski definition) is 1. The Kier molecular flexibility index (Phi) is 3.51. The van der Waals surface area contributed by atoms with Gasteiger partial charge in [-0.2, -0.15) is 0 Å². The number of rotatable bonds is 2. The van der Waals surface area contributed by atoms with E-state index < -0.39 is 0 Å². The lowest BCUT2D eigenvalue weighted by atomic mass is 10.00. The second kappa shape index (κ2) is 4.89. The number of nitrogens with zero attached hydrogens (tertiary/aromatic N) is 2. The Morgan fingerprint density at radius 3 is 2.94 bits per heavy atom. The molecule has 1 atom stereocenters. The summed E-state index contributed by atoms with van der Waals surface area (Å²) in [5, 5.41) is 3.33. The first-order valence-electron chi connectivity index (χ1n) is 5.84. The van der Waals surface area contributed by atoms with Crippen LogP contribution in [0.4, 0.5) is 0 Å². The van der Waals surface area contributed by atoms with Crippen molar-refractivity contribution in [2.45, 2.75) is 32.8 Å². The minimum atomic E-state index is 0.0767. The Morgan fingerprint density at radius 2 is 2.31 bits per heavy atom. The SMILES string of the molecule is Cc1ncc(C(C)C)c(C2CNCCO2)n1. The summed E-state index contributed by atoms with van der Waals surface area (Å²) in [6, 6.07) is 0. The molecule has 0 spiro atoms. The van der Waals surface area contributed by atoms with Gasteiger partial charge in [-0.1, -0.05) is 13.8 Å². The number of hydrogen-bond acceptors (Lipinski definition) is 4. The van der Waals surface area contributed by atoms with Crippen molar-refractivity contribution in [3.05, 3.63) is 23.3 Å². The molecule has 2 heterocycles. The van der Waals surface area contributed by atoms with Crippen molar-refractivity contribution in [3.63, 3.8) is 0 Å². The van der Waals surface area contributed by atoms with Gasteiger partial charge in [0.1, 0.15) is 11.9 Å². The highest BCUT2D eigenvalue weighted by molar-refractivity contribution is 5.24. The molecule has 1 fully saturated rings. The van der Waals surface area contributed by atoms with Gasteiger partial charge >= 0.3 is 0 Å². The van der Waals surface area contributed by atoms with Crippen LogP contribution < -0.4 is 5.32 Å². The van der Waals surface area contributed by atoms with Crippen LogP contribution in [-0.4, -0.2) is 29.7 Å². The van der Waals surface area contributed by atoms with Gasteiger partial charge in [0.2, 0.25) is 0 Å². The highest BCUT2D eigenvalue weighted by Gasteiger charge is 2.22. The van der Waals surface area contributed by atoms with Crippen LogP contribution in [0.3, 0.4) is 0 Å². The summed E-state index contributed by atoms with van der Waals surface area (Å²) >= 11 is 0. The zero-order chi connectivity index (χ0) is 11.5. The molecule has 0 aliphatic carbocycles. The molecule has 1 N–H and O–H groups in total. The van der Waals surface area contributed by atoms with Crippen LogP contribution in [-0.2, 0) is 4.74 Å². The van der Waals surface area contributed by atoms with E-state index in [1.165, 1.54) is 5.56 Å². The van der Waals surface area contributed by atoms with Gasteiger partial charge in [0, 0.05) is 19.3 Å². The van der Waals surface area contributed by atoms with Crippen LogP contribution in [0.25, 0.3) is 0 Å². The lowest BCUT2D eigenvalue weighted by Crippen LogP contribution is -2.34. The molecule has 0 saturated carbocycles. The van der Waals surface area contributed by atoms with Crippen molar-refractivity contribution >= 4 is 0 Å². The van der Waals surface area contributed by atoms with Gasteiger partial charge in [-0.05, 0) is 18.4 Å². The normalized spacial score (nSPS) is 21.4. The summed E-state index contributed by atoms with van der Waals surface area (Å²) in [6.07, 6.45) is 2.01. The fraction of sp³-hybridized carbons (Fsp3) is 0.667. The van der Waals surface area contributed by atoms with E-state index in [0.29, 0.717) is 5.92 Å². The highest BCUT2D eigenvalue weighted by Crippen LogP contribution is 2.25. The molecule has 1 aliphatic rings. The van der Waals surface area contributed by atoms with E-state index in [2.05, 4.69) is 29.1 Å². The monoisotopic (exact) mass is 221 g/mol. The van der Waals surface area contributed by atoms with E-state index >= 15 is 0 Å². The average molecular weight is 221 g/mol. The highest BCUT2D eigenvalue weighted by atomic mass is 16.5. The van der Waals surface area contributed by atoms with E-state index in [-0.39, 0.29) is 6.10 Å². The fourth-order valence-electron chi connectivity index (χ4n) is 1.94. The molecule has 1 aromatic heterocycles.